The molecule has 0 spiro atoms. The van der Waals surface area contributed by atoms with Crippen molar-refractivity contribution in [2.24, 2.45) is 23.5 Å². The lowest BCUT2D eigenvalue weighted by molar-refractivity contribution is 0.117. The standard InChI is InChI=1S/C19H25NS/c20-18(17-7-3-6-14-10-11-21-19(14)17)16-9-8-13-4-1-2-5-15(13)12-16/h3,6-7,10-11,13,15-16,18H,1-2,4-5,8-9,12,20H2. The molecule has 1 aromatic heterocycles. The van der Waals surface area contributed by atoms with Gasteiger partial charge in [-0.05, 0) is 59.4 Å². The lowest BCUT2D eigenvalue weighted by Gasteiger charge is -2.41. The van der Waals surface area contributed by atoms with Gasteiger partial charge in [-0.3, -0.25) is 0 Å². The summed E-state index contributed by atoms with van der Waals surface area (Å²) in [5.41, 5.74) is 8.11. The van der Waals surface area contributed by atoms with Gasteiger partial charge in [0, 0.05) is 10.7 Å². The van der Waals surface area contributed by atoms with Crippen molar-refractivity contribution in [1.82, 2.24) is 0 Å². The molecule has 0 amide bonds. The van der Waals surface area contributed by atoms with Crippen LogP contribution in [0.5, 0.6) is 0 Å². The third-order valence-corrected chi connectivity index (χ3v) is 6.94. The smallest absolute Gasteiger partial charge is 0.0390 e. The van der Waals surface area contributed by atoms with E-state index >= 15 is 0 Å². The van der Waals surface area contributed by atoms with E-state index in [0.29, 0.717) is 5.92 Å². The fourth-order valence-corrected chi connectivity index (χ4v) is 5.73. The summed E-state index contributed by atoms with van der Waals surface area (Å²) in [5, 5.41) is 3.55. The number of hydrogen-bond acceptors (Lipinski definition) is 2. The molecule has 0 radical (unpaired) electrons. The Morgan fingerprint density at radius 1 is 1.00 bits per heavy atom. The van der Waals surface area contributed by atoms with Crippen molar-refractivity contribution < 1.29 is 0 Å². The van der Waals surface area contributed by atoms with Crippen molar-refractivity contribution in [2.45, 2.75) is 51.0 Å². The van der Waals surface area contributed by atoms with Gasteiger partial charge in [0.05, 0.1) is 0 Å². The van der Waals surface area contributed by atoms with Crippen molar-refractivity contribution in [3.05, 3.63) is 35.2 Å². The van der Waals surface area contributed by atoms with E-state index < -0.39 is 0 Å². The predicted molar refractivity (Wildman–Crippen MR) is 91.5 cm³/mol. The summed E-state index contributed by atoms with van der Waals surface area (Å²) < 4.78 is 1.41. The minimum atomic E-state index is 0.232. The average molecular weight is 299 g/mol. The Morgan fingerprint density at radius 3 is 2.76 bits per heavy atom. The van der Waals surface area contributed by atoms with E-state index in [0.717, 1.165) is 11.8 Å². The SMILES string of the molecule is NC(c1cccc2ccsc12)C1CCC2CCCCC2C1. The molecule has 4 atom stereocenters. The van der Waals surface area contributed by atoms with Crippen LogP contribution in [0, 0.1) is 17.8 Å². The minimum Gasteiger partial charge on any atom is -0.324 e. The lowest BCUT2D eigenvalue weighted by atomic mass is 9.65. The van der Waals surface area contributed by atoms with Crippen LogP contribution >= 0.6 is 11.3 Å². The highest BCUT2D eigenvalue weighted by atomic mass is 32.1. The molecule has 4 unspecified atom stereocenters. The van der Waals surface area contributed by atoms with E-state index in [-0.39, 0.29) is 6.04 Å². The van der Waals surface area contributed by atoms with E-state index in [2.05, 4.69) is 29.6 Å². The van der Waals surface area contributed by atoms with Crippen LogP contribution in [0.3, 0.4) is 0 Å². The maximum Gasteiger partial charge on any atom is 0.0390 e. The summed E-state index contributed by atoms with van der Waals surface area (Å²) in [6.07, 6.45) is 9.97. The lowest BCUT2D eigenvalue weighted by Crippen LogP contribution is -2.33. The Labute approximate surface area is 131 Å². The summed E-state index contributed by atoms with van der Waals surface area (Å²) in [5.74, 6) is 2.67. The highest BCUT2D eigenvalue weighted by Gasteiger charge is 2.35. The average Bonchev–Trinajstić information content (AvgIpc) is 3.02. The van der Waals surface area contributed by atoms with Gasteiger partial charge >= 0.3 is 0 Å². The molecule has 0 aliphatic heterocycles. The monoisotopic (exact) mass is 299 g/mol. The van der Waals surface area contributed by atoms with Crippen molar-refractivity contribution in [1.29, 1.82) is 0 Å². The molecule has 21 heavy (non-hydrogen) atoms. The zero-order valence-electron chi connectivity index (χ0n) is 12.6. The molecule has 2 aliphatic carbocycles. The second-order valence-electron chi connectivity index (χ2n) is 7.09. The Kier molecular flexibility index (Phi) is 3.76. The van der Waals surface area contributed by atoms with E-state index in [9.17, 15) is 0 Å². The van der Waals surface area contributed by atoms with Crippen LogP contribution in [0.1, 0.15) is 56.6 Å². The number of hydrogen-bond donors (Lipinski definition) is 1. The number of thiophene rings is 1. The van der Waals surface area contributed by atoms with E-state index in [1.165, 1.54) is 60.6 Å². The van der Waals surface area contributed by atoms with Crippen molar-refractivity contribution in [3.8, 4) is 0 Å². The van der Waals surface area contributed by atoms with Gasteiger partial charge < -0.3 is 5.73 Å². The van der Waals surface area contributed by atoms with Gasteiger partial charge in [-0.15, -0.1) is 11.3 Å². The zero-order valence-corrected chi connectivity index (χ0v) is 13.4. The molecule has 112 valence electrons. The number of nitrogens with two attached hydrogens (primary N) is 1. The molecule has 1 aromatic carbocycles. The highest BCUT2D eigenvalue weighted by Crippen LogP contribution is 2.46. The topological polar surface area (TPSA) is 26.0 Å². The first-order valence-corrected chi connectivity index (χ1v) is 9.42. The van der Waals surface area contributed by atoms with Crippen molar-refractivity contribution in [3.63, 3.8) is 0 Å². The second-order valence-corrected chi connectivity index (χ2v) is 8.01. The van der Waals surface area contributed by atoms with Gasteiger partial charge in [0.15, 0.2) is 0 Å². The number of benzene rings is 1. The fraction of sp³-hybridized carbons (Fsp3) is 0.579. The molecule has 1 nitrogen and oxygen atoms in total. The third kappa shape index (κ3) is 2.53. The molecule has 0 saturated heterocycles. The summed E-state index contributed by atoms with van der Waals surface area (Å²) in [7, 11) is 0. The van der Waals surface area contributed by atoms with Gasteiger partial charge in [-0.1, -0.05) is 43.9 Å². The molecule has 2 saturated carbocycles. The quantitative estimate of drug-likeness (QED) is 0.777. The normalized spacial score (nSPS) is 31.0. The molecule has 2 heteroatoms. The van der Waals surface area contributed by atoms with Crippen LogP contribution < -0.4 is 5.73 Å². The fourth-order valence-electron chi connectivity index (χ4n) is 4.77. The van der Waals surface area contributed by atoms with Gasteiger partial charge in [0.2, 0.25) is 0 Å². The molecule has 2 aromatic rings. The maximum atomic E-state index is 6.72. The molecule has 4 rings (SSSR count). The highest BCUT2D eigenvalue weighted by molar-refractivity contribution is 7.17. The minimum absolute atomic E-state index is 0.232. The maximum absolute atomic E-state index is 6.72. The first-order valence-electron chi connectivity index (χ1n) is 8.54. The number of fused-ring (bicyclic) bond motifs is 2. The van der Waals surface area contributed by atoms with E-state index in [4.69, 9.17) is 5.73 Å². The van der Waals surface area contributed by atoms with Gasteiger partial charge in [0.25, 0.3) is 0 Å². The number of rotatable bonds is 2. The summed E-state index contributed by atoms with van der Waals surface area (Å²) in [4.78, 5) is 0. The molecule has 0 bridgehead atoms. The van der Waals surface area contributed by atoms with Crippen LogP contribution in [0.2, 0.25) is 0 Å². The summed E-state index contributed by atoms with van der Waals surface area (Å²) in [6.45, 7) is 0. The van der Waals surface area contributed by atoms with Crippen LogP contribution in [0.4, 0.5) is 0 Å². The van der Waals surface area contributed by atoms with E-state index in [1.54, 1.807) is 0 Å². The Hall–Kier alpha value is -0.860. The van der Waals surface area contributed by atoms with Crippen molar-refractivity contribution >= 4 is 21.4 Å². The second kappa shape index (κ2) is 5.73. The van der Waals surface area contributed by atoms with Gasteiger partial charge in [-0.2, -0.15) is 0 Å². The Morgan fingerprint density at radius 2 is 1.86 bits per heavy atom. The molecule has 2 aliphatic rings. The van der Waals surface area contributed by atoms with Gasteiger partial charge in [0.1, 0.15) is 0 Å². The molecule has 1 heterocycles. The van der Waals surface area contributed by atoms with E-state index in [1.807, 2.05) is 11.3 Å². The van der Waals surface area contributed by atoms with Crippen LogP contribution in [-0.4, -0.2) is 0 Å². The summed E-state index contributed by atoms with van der Waals surface area (Å²) >= 11 is 1.85. The Balaban J connectivity index is 1.57. The first-order chi connectivity index (χ1) is 10.3. The molecular formula is C19H25NS. The van der Waals surface area contributed by atoms with Gasteiger partial charge in [-0.25, -0.2) is 0 Å². The van der Waals surface area contributed by atoms with Crippen molar-refractivity contribution in [2.75, 3.05) is 0 Å². The summed E-state index contributed by atoms with van der Waals surface area (Å²) in [6, 6.07) is 9.09. The Bertz CT molecular complexity index is 617. The molecule has 2 fully saturated rings. The molecule has 2 N–H and O–H groups in total. The van der Waals surface area contributed by atoms with Crippen LogP contribution in [-0.2, 0) is 0 Å². The first kappa shape index (κ1) is 13.8. The predicted octanol–water partition coefficient (Wildman–Crippen LogP) is 5.51. The molecular weight excluding hydrogens is 274 g/mol. The van der Waals surface area contributed by atoms with Crippen LogP contribution in [0.15, 0.2) is 29.6 Å². The largest absolute Gasteiger partial charge is 0.324 e. The zero-order chi connectivity index (χ0) is 14.2. The third-order valence-electron chi connectivity index (χ3n) is 5.96. The van der Waals surface area contributed by atoms with Crippen LogP contribution in [0.25, 0.3) is 10.1 Å².